The van der Waals surface area contributed by atoms with E-state index < -0.39 is 0 Å². The summed E-state index contributed by atoms with van der Waals surface area (Å²) in [5.74, 6) is 1.69. The highest BCUT2D eigenvalue weighted by molar-refractivity contribution is 14.1. The number of hydrogen-bond donors (Lipinski definition) is 0. The van der Waals surface area contributed by atoms with Gasteiger partial charge in [-0.1, -0.05) is 28.7 Å². The van der Waals surface area contributed by atoms with E-state index in [-0.39, 0.29) is 6.10 Å². The van der Waals surface area contributed by atoms with Crippen molar-refractivity contribution in [3.63, 3.8) is 0 Å². The number of halogens is 1. The summed E-state index contributed by atoms with van der Waals surface area (Å²) in [7, 11) is 0. The number of hydrogen-bond acceptors (Lipinski definition) is 3. The zero-order chi connectivity index (χ0) is 11.0. The molecule has 0 N–H and O–H groups in total. The van der Waals surface area contributed by atoms with Crippen molar-refractivity contribution in [1.29, 1.82) is 0 Å². The van der Waals surface area contributed by atoms with Gasteiger partial charge in [0, 0.05) is 4.43 Å². The molecule has 0 aromatic heterocycles. The SMILES string of the molecule is ICC1CCC(c2ccc3c(c2)OCO3)O1. The minimum Gasteiger partial charge on any atom is -0.454 e. The van der Waals surface area contributed by atoms with Gasteiger partial charge < -0.3 is 14.2 Å². The summed E-state index contributed by atoms with van der Waals surface area (Å²) in [5.41, 5.74) is 1.21. The van der Waals surface area contributed by atoms with Gasteiger partial charge in [-0.2, -0.15) is 0 Å². The molecular weight excluding hydrogens is 319 g/mol. The molecule has 2 aliphatic heterocycles. The maximum Gasteiger partial charge on any atom is 0.231 e. The summed E-state index contributed by atoms with van der Waals surface area (Å²) in [5, 5.41) is 0. The molecule has 1 fully saturated rings. The molecule has 2 atom stereocenters. The first-order valence-electron chi connectivity index (χ1n) is 5.48. The molecule has 1 saturated heterocycles. The molecule has 3 rings (SSSR count). The molecule has 0 bridgehead atoms. The van der Waals surface area contributed by atoms with E-state index in [9.17, 15) is 0 Å². The van der Waals surface area contributed by atoms with Gasteiger partial charge in [0.25, 0.3) is 0 Å². The zero-order valence-electron chi connectivity index (χ0n) is 8.82. The molecule has 2 heterocycles. The van der Waals surface area contributed by atoms with Crippen LogP contribution >= 0.6 is 22.6 Å². The topological polar surface area (TPSA) is 27.7 Å². The van der Waals surface area contributed by atoms with Crippen molar-refractivity contribution >= 4 is 22.6 Å². The lowest BCUT2D eigenvalue weighted by molar-refractivity contribution is 0.0596. The van der Waals surface area contributed by atoms with Crippen molar-refractivity contribution in [3.8, 4) is 11.5 Å². The van der Waals surface area contributed by atoms with Gasteiger partial charge in [0.1, 0.15) is 0 Å². The summed E-state index contributed by atoms with van der Waals surface area (Å²) < 4.78 is 17.7. The lowest BCUT2D eigenvalue weighted by Crippen LogP contribution is -2.07. The van der Waals surface area contributed by atoms with Crippen molar-refractivity contribution in [3.05, 3.63) is 23.8 Å². The Balaban J connectivity index is 1.80. The fourth-order valence-corrected chi connectivity index (χ4v) is 2.83. The van der Waals surface area contributed by atoms with Crippen LogP contribution in [-0.4, -0.2) is 17.3 Å². The summed E-state index contributed by atoms with van der Waals surface area (Å²) >= 11 is 2.38. The molecule has 0 amide bonds. The monoisotopic (exact) mass is 332 g/mol. The van der Waals surface area contributed by atoms with Crippen LogP contribution in [0, 0.1) is 0 Å². The first-order valence-corrected chi connectivity index (χ1v) is 7.00. The van der Waals surface area contributed by atoms with Gasteiger partial charge in [0.2, 0.25) is 6.79 Å². The Kier molecular flexibility index (Phi) is 2.93. The normalized spacial score (nSPS) is 27.3. The van der Waals surface area contributed by atoms with Gasteiger partial charge in [-0.15, -0.1) is 0 Å². The second-order valence-electron chi connectivity index (χ2n) is 4.09. The van der Waals surface area contributed by atoms with Crippen molar-refractivity contribution < 1.29 is 14.2 Å². The predicted molar refractivity (Wildman–Crippen MR) is 68.3 cm³/mol. The van der Waals surface area contributed by atoms with E-state index in [2.05, 4.69) is 28.7 Å². The highest BCUT2D eigenvalue weighted by atomic mass is 127. The Morgan fingerprint density at radius 1 is 1.19 bits per heavy atom. The first-order chi connectivity index (χ1) is 7.86. The van der Waals surface area contributed by atoms with E-state index in [1.807, 2.05) is 12.1 Å². The Bertz CT molecular complexity index is 394. The van der Waals surface area contributed by atoms with Crippen molar-refractivity contribution in [2.45, 2.75) is 25.0 Å². The van der Waals surface area contributed by atoms with Gasteiger partial charge in [0.15, 0.2) is 11.5 Å². The zero-order valence-corrected chi connectivity index (χ0v) is 11.0. The molecule has 1 aromatic rings. The maximum atomic E-state index is 5.95. The van der Waals surface area contributed by atoms with Crippen LogP contribution in [0.5, 0.6) is 11.5 Å². The van der Waals surface area contributed by atoms with Gasteiger partial charge in [-0.3, -0.25) is 0 Å². The van der Waals surface area contributed by atoms with Crippen LogP contribution in [-0.2, 0) is 4.74 Å². The second kappa shape index (κ2) is 4.41. The van der Waals surface area contributed by atoms with E-state index in [0.717, 1.165) is 28.8 Å². The van der Waals surface area contributed by atoms with E-state index >= 15 is 0 Å². The van der Waals surface area contributed by atoms with Crippen molar-refractivity contribution in [1.82, 2.24) is 0 Å². The van der Waals surface area contributed by atoms with E-state index in [4.69, 9.17) is 14.2 Å². The smallest absolute Gasteiger partial charge is 0.231 e. The highest BCUT2D eigenvalue weighted by Gasteiger charge is 2.27. The van der Waals surface area contributed by atoms with Gasteiger partial charge in [-0.05, 0) is 30.5 Å². The maximum absolute atomic E-state index is 5.95. The molecular formula is C12H13IO3. The Morgan fingerprint density at radius 3 is 2.88 bits per heavy atom. The fraction of sp³-hybridized carbons (Fsp3) is 0.500. The van der Waals surface area contributed by atoms with Crippen LogP contribution in [0.3, 0.4) is 0 Å². The molecule has 0 aliphatic carbocycles. The Morgan fingerprint density at radius 2 is 2.06 bits per heavy atom. The van der Waals surface area contributed by atoms with Gasteiger partial charge >= 0.3 is 0 Å². The summed E-state index contributed by atoms with van der Waals surface area (Å²) in [6.07, 6.45) is 2.90. The third-order valence-electron chi connectivity index (χ3n) is 3.05. The molecule has 0 radical (unpaired) electrons. The van der Waals surface area contributed by atoms with E-state index in [0.29, 0.717) is 12.9 Å². The van der Waals surface area contributed by atoms with Gasteiger partial charge in [-0.25, -0.2) is 0 Å². The van der Waals surface area contributed by atoms with E-state index in [1.54, 1.807) is 0 Å². The third-order valence-corrected chi connectivity index (χ3v) is 4.03. The third kappa shape index (κ3) is 1.88. The average molecular weight is 332 g/mol. The lowest BCUT2D eigenvalue weighted by atomic mass is 10.1. The minimum absolute atomic E-state index is 0.231. The predicted octanol–water partition coefficient (Wildman–Crippen LogP) is 3.07. The van der Waals surface area contributed by atoms with Crippen LogP contribution in [0.15, 0.2) is 18.2 Å². The molecule has 2 aliphatic rings. The summed E-state index contributed by atoms with van der Waals surface area (Å²) in [6.45, 7) is 0.334. The lowest BCUT2D eigenvalue weighted by Gasteiger charge is -2.12. The molecule has 0 spiro atoms. The molecule has 0 saturated carbocycles. The fourth-order valence-electron chi connectivity index (χ4n) is 2.18. The molecule has 1 aromatic carbocycles. The quantitative estimate of drug-likeness (QED) is 0.615. The van der Waals surface area contributed by atoms with Gasteiger partial charge in [0.05, 0.1) is 12.2 Å². The number of fused-ring (bicyclic) bond motifs is 1. The number of alkyl halides is 1. The number of benzene rings is 1. The number of ether oxygens (including phenoxy) is 3. The summed E-state index contributed by atoms with van der Waals surface area (Å²) in [6, 6.07) is 6.09. The molecule has 3 nitrogen and oxygen atoms in total. The molecule has 2 unspecified atom stereocenters. The van der Waals surface area contributed by atoms with Crippen molar-refractivity contribution in [2.24, 2.45) is 0 Å². The van der Waals surface area contributed by atoms with Crippen LogP contribution < -0.4 is 9.47 Å². The first kappa shape index (κ1) is 10.7. The molecule has 16 heavy (non-hydrogen) atoms. The number of rotatable bonds is 2. The van der Waals surface area contributed by atoms with Crippen molar-refractivity contribution in [2.75, 3.05) is 11.2 Å². The van der Waals surface area contributed by atoms with Crippen LogP contribution in [0.2, 0.25) is 0 Å². The standard InChI is InChI=1S/C12H13IO3/c13-6-9-2-4-10(16-9)8-1-3-11-12(5-8)15-7-14-11/h1,3,5,9-10H,2,4,6-7H2. The molecule has 4 heteroatoms. The van der Waals surface area contributed by atoms with Crippen LogP contribution in [0.25, 0.3) is 0 Å². The second-order valence-corrected chi connectivity index (χ2v) is 4.97. The Labute approximate surface area is 108 Å². The van der Waals surface area contributed by atoms with Crippen LogP contribution in [0.1, 0.15) is 24.5 Å². The van der Waals surface area contributed by atoms with Crippen LogP contribution in [0.4, 0.5) is 0 Å². The van der Waals surface area contributed by atoms with E-state index in [1.165, 1.54) is 5.56 Å². The highest BCUT2D eigenvalue weighted by Crippen LogP contribution is 2.39. The molecule has 86 valence electrons. The largest absolute Gasteiger partial charge is 0.454 e. The Hall–Kier alpha value is -0.490. The average Bonchev–Trinajstić information content (AvgIpc) is 2.96. The minimum atomic E-state index is 0.231. The summed E-state index contributed by atoms with van der Waals surface area (Å²) in [4.78, 5) is 0.